The third kappa shape index (κ3) is 3.27. The standard InChI is InChI=1S/C17H20FN3O2/c1-3-12-9-15(13-8-11(2)16(22)10-14(13)18)20-17(19-12)21-4-6-23-7-5-21/h8-10,22H,3-7H2,1-2H3. The number of hydrogen-bond acceptors (Lipinski definition) is 5. The lowest BCUT2D eigenvalue weighted by Gasteiger charge is -2.27. The Morgan fingerprint density at radius 1 is 1.22 bits per heavy atom. The summed E-state index contributed by atoms with van der Waals surface area (Å²) in [4.78, 5) is 11.2. The van der Waals surface area contributed by atoms with Crippen LogP contribution in [0.5, 0.6) is 5.75 Å². The van der Waals surface area contributed by atoms with E-state index < -0.39 is 5.82 Å². The average Bonchev–Trinajstić information content (AvgIpc) is 2.58. The number of aromatic hydroxyl groups is 1. The Kier molecular flexibility index (Phi) is 4.43. The van der Waals surface area contributed by atoms with Crippen molar-refractivity contribution < 1.29 is 14.2 Å². The lowest BCUT2D eigenvalue weighted by Crippen LogP contribution is -2.37. The van der Waals surface area contributed by atoms with Crippen LogP contribution in [0.1, 0.15) is 18.2 Å². The summed E-state index contributed by atoms with van der Waals surface area (Å²) in [6.07, 6.45) is 0.742. The van der Waals surface area contributed by atoms with E-state index in [2.05, 4.69) is 14.9 Å². The smallest absolute Gasteiger partial charge is 0.226 e. The maximum absolute atomic E-state index is 14.3. The van der Waals surface area contributed by atoms with Crippen molar-refractivity contribution >= 4 is 5.95 Å². The summed E-state index contributed by atoms with van der Waals surface area (Å²) < 4.78 is 19.6. The number of phenolic OH excluding ortho intramolecular Hbond substituents is 1. The summed E-state index contributed by atoms with van der Waals surface area (Å²) in [6, 6.07) is 4.56. The fourth-order valence-corrected chi connectivity index (χ4v) is 2.57. The lowest BCUT2D eigenvalue weighted by molar-refractivity contribution is 0.122. The minimum Gasteiger partial charge on any atom is -0.508 e. The molecule has 0 aliphatic carbocycles. The van der Waals surface area contributed by atoms with Crippen LogP contribution in [0.25, 0.3) is 11.3 Å². The predicted molar refractivity (Wildman–Crippen MR) is 86.2 cm³/mol. The maximum Gasteiger partial charge on any atom is 0.226 e. The van der Waals surface area contributed by atoms with E-state index in [0.29, 0.717) is 36.0 Å². The van der Waals surface area contributed by atoms with E-state index in [1.165, 1.54) is 0 Å². The minimum atomic E-state index is -0.484. The van der Waals surface area contributed by atoms with E-state index in [-0.39, 0.29) is 5.75 Å². The van der Waals surface area contributed by atoms with Gasteiger partial charge >= 0.3 is 0 Å². The molecule has 0 saturated carbocycles. The molecule has 0 spiro atoms. The van der Waals surface area contributed by atoms with Gasteiger partial charge in [0, 0.05) is 30.4 Å². The fourth-order valence-electron chi connectivity index (χ4n) is 2.57. The van der Waals surface area contributed by atoms with Gasteiger partial charge in [-0.1, -0.05) is 6.92 Å². The molecule has 2 aromatic rings. The molecule has 1 aromatic heterocycles. The summed E-state index contributed by atoms with van der Waals surface area (Å²) in [5, 5.41) is 9.64. The Labute approximate surface area is 134 Å². The van der Waals surface area contributed by atoms with Gasteiger partial charge in [0.25, 0.3) is 0 Å². The number of benzene rings is 1. The summed E-state index contributed by atoms with van der Waals surface area (Å²) in [5.41, 5.74) is 2.40. The molecule has 1 N–H and O–H groups in total. The second kappa shape index (κ2) is 6.50. The van der Waals surface area contributed by atoms with E-state index in [0.717, 1.165) is 31.3 Å². The average molecular weight is 317 g/mol. The topological polar surface area (TPSA) is 58.5 Å². The van der Waals surface area contributed by atoms with Crippen LogP contribution in [-0.4, -0.2) is 41.4 Å². The van der Waals surface area contributed by atoms with Gasteiger partial charge in [0.2, 0.25) is 5.95 Å². The van der Waals surface area contributed by atoms with Crippen molar-refractivity contribution in [2.45, 2.75) is 20.3 Å². The van der Waals surface area contributed by atoms with Gasteiger partial charge in [0.15, 0.2) is 0 Å². The third-order valence-corrected chi connectivity index (χ3v) is 3.99. The molecule has 122 valence electrons. The number of anilines is 1. The number of morpholine rings is 1. The van der Waals surface area contributed by atoms with Crippen molar-refractivity contribution in [3.05, 3.63) is 35.3 Å². The number of aryl methyl sites for hydroxylation is 2. The molecule has 6 heteroatoms. The molecule has 1 saturated heterocycles. The first kappa shape index (κ1) is 15.7. The molecule has 0 unspecified atom stereocenters. The van der Waals surface area contributed by atoms with Crippen molar-refractivity contribution in [1.82, 2.24) is 9.97 Å². The van der Waals surface area contributed by atoms with Crippen LogP contribution in [0.4, 0.5) is 10.3 Å². The quantitative estimate of drug-likeness (QED) is 0.943. The summed E-state index contributed by atoms with van der Waals surface area (Å²) >= 11 is 0. The molecule has 1 fully saturated rings. The van der Waals surface area contributed by atoms with Gasteiger partial charge in [-0.3, -0.25) is 0 Å². The van der Waals surface area contributed by atoms with E-state index in [9.17, 15) is 9.50 Å². The Morgan fingerprint density at radius 3 is 2.65 bits per heavy atom. The summed E-state index contributed by atoms with van der Waals surface area (Å²) in [6.45, 7) is 6.48. The number of ether oxygens (including phenoxy) is 1. The van der Waals surface area contributed by atoms with E-state index in [1.807, 2.05) is 6.92 Å². The lowest BCUT2D eigenvalue weighted by atomic mass is 10.1. The largest absolute Gasteiger partial charge is 0.508 e. The van der Waals surface area contributed by atoms with Crippen molar-refractivity contribution in [2.24, 2.45) is 0 Å². The highest BCUT2D eigenvalue weighted by atomic mass is 19.1. The van der Waals surface area contributed by atoms with Crippen LogP contribution in [-0.2, 0) is 11.2 Å². The van der Waals surface area contributed by atoms with Gasteiger partial charge in [-0.05, 0) is 31.0 Å². The fraction of sp³-hybridized carbons (Fsp3) is 0.412. The molecule has 5 nitrogen and oxygen atoms in total. The molecule has 0 bridgehead atoms. The molecule has 0 atom stereocenters. The Bertz CT molecular complexity index is 715. The maximum atomic E-state index is 14.3. The van der Waals surface area contributed by atoms with Crippen LogP contribution in [0.3, 0.4) is 0 Å². The predicted octanol–water partition coefficient (Wildman–Crippen LogP) is 2.70. The first-order valence-corrected chi connectivity index (χ1v) is 7.78. The first-order chi connectivity index (χ1) is 11.1. The number of rotatable bonds is 3. The van der Waals surface area contributed by atoms with Gasteiger partial charge < -0.3 is 14.7 Å². The third-order valence-electron chi connectivity index (χ3n) is 3.99. The zero-order chi connectivity index (χ0) is 16.4. The molecule has 23 heavy (non-hydrogen) atoms. The molecule has 1 aliphatic rings. The summed E-state index contributed by atoms with van der Waals surface area (Å²) in [7, 11) is 0. The van der Waals surface area contributed by atoms with E-state index in [4.69, 9.17) is 4.74 Å². The Morgan fingerprint density at radius 2 is 1.96 bits per heavy atom. The molecule has 2 heterocycles. The zero-order valence-electron chi connectivity index (χ0n) is 13.3. The zero-order valence-corrected chi connectivity index (χ0v) is 13.3. The van der Waals surface area contributed by atoms with Crippen LogP contribution in [0.2, 0.25) is 0 Å². The van der Waals surface area contributed by atoms with Gasteiger partial charge in [0.1, 0.15) is 11.6 Å². The monoisotopic (exact) mass is 317 g/mol. The second-order valence-corrected chi connectivity index (χ2v) is 5.62. The first-order valence-electron chi connectivity index (χ1n) is 7.78. The van der Waals surface area contributed by atoms with Gasteiger partial charge in [-0.2, -0.15) is 0 Å². The van der Waals surface area contributed by atoms with Gasteiger partial charge in [0.05, 0.1) is 18.9 Å². The van der Waals surface area contributed by atoms with Crippen molar-refractivity contribution in [2.75, 3.05) is 31.2 Å². The van der Waals surface area contributed by atoms with E-state index >= 15 is 0 Å². The number of hydrogen-bond donors (Lipinski definition) is 1. The van der Waals surface area contributed by atoms with Crippen molar-refractivity contribution in [1.29, 1.82) is 0 Å². The number of nitrogens with zero attached hydrogens (tertiary/aromatic N) is 3. The number of halogens is 1. The van der Waals surface area contributed by atoms with Crippen molar-refractivity contribution in [3.63, 3.8) is 0 Å². The highest BCUT2D eigenvalue weighted by Crippen LogP contribution is 2.29. The second-order valence-electron chi connectivity index (χ2n) is 5.62. The van der Waals surface area contributed by atoms with Crippen LogP contribution in [0, 0.1) is 12.7 Å². The normalized spacial score (nSPS) is 15.0. The van der Waals surface area contributed by atoms with Crippen molar-refractivity contribution in [3.8, 4) is 17.0 Å². The molecule has 1 aliphatic heterocycles. The van der Waals surface area contributed by atoms with Gasteiger partial charge in [-0.15, -0.1) is 0 Å². The van der Waals surface area contributed by atoms with Crippen LogP contribution >= 0.6 is 0 Å². The number of phenols is 1. The molecular formula is C17H20FN3O2. The minimum absolute atomic E-state index is 0.0515. The molecule has 0 radical (unpaired) electrons. The molecular weight excluding hydrogens is 297 g/mol. The molecule has 1 aromatic carbocycles. The molecule has 3 rings (SSSR count). The molecule has 0 amide bonds. The highest BCUT2D eigenvalue weighted by molar-refractivity contribution is 5.64. The van der Waals surface area contributed by atoms with Gasteiger partial charge in [-0.25, -0.2) is 14.4 Å². The highest BCUT2D eigenvalue weighted by Gasteiger charge is 2.18. The van der Waals surface area contributed by atoms with Crippen LogP contribution < -0.4 is 4.90 Å². The number of aromatic nitrogens is 2. The van der Waals surface area contributed by atoms with E-state index in [1.54, 1.807) is 19.1 Å². The SMILES string of the molecule is CCc1cc(-c2cc(C)c(O)cc2F)nc(N2CCOCC2)n1. The summed E-state index contributed by atoms with van der Waals surface area (Å²) in [5.74, 6) is 0.0685. The van der Waals surface area contributed by atoms with Crippen LogP contribution in [0.15, 0.2) is 18.2 Å². The Balaban J connectivity index is 2.06. The Hall–Kier alpha value is -2.21.